The van der Waals surface area contributed by atoms with Crippen molar-refractivity contribution in [2.75, 3.05) is 0 Å². The zero-order valence-electron chi connectivity index (χ0n) is 11.7. The van der Waals surface area contributed by atoms with Crippen molar-refractivity contribution in [3.05, 3.63) is 42.1 Å². The van der Waals surface area contributed by atoms with Crippen molar-refractivity contribution in [1.29, 1.82) is 0 Å². The summed E-state index contributed by atoms with van der Waals surface area (Å²) in [5, 5.41) is 1.24. The molecule has 2 N–H and O–H groups in total. The lowest BCUT2D eigenvalue weighted by Crippen LogP contribution is -2.46. The standard InChI is InChI=1S/C17H21N3/c18-14-9-15-6-7-16(10-14)20(15)11-13-4-1-3-12-5-2-8-19-17(12)13/h1-5,8,14-16H,6-7,9-11,18H2. The quantitative estimate of drug-likeness (QED) is 0.909. The summed E-state index contributed by atoms with van der Waals surface area (Å²) in [5.41, 5.74) is 8.68. The topological polar surface area (TPSA) is 42.1 Å². The van der Waals surface area contributed by atoms with Crippen LogP contribution in [-0.4, -0.2) is 28.0 Å². The third kappa shape index (κ3) is 2.02. The highest BCUT2D eigenvalue weighted by Crippen LogP contribution is 2.36. The van der Waals surface area contributed by atoms with Crippen molar-refractivity contribution in [2.24, 2.45) is 5.73 Å². The first-order chi connectivity index (χ1) is 9.81. The summed E-state index contributed by atoms with van der Waals surface area (Å²) in [5.74, 6) is 0. The molecule has 2 bridgehead atoms. The molecule has 4 rings (SSSR count). The van der Waals surface area contributed by atoms with Gasteiger partial charge in [-0.2, -0.15) is 0 Å². The average Bonchev–Trinajstić information content (AvgIpc) is 2.70. The number of aromatic nitrogens is 1. The minimum Gasteiger partial charge on any atom is -0.328 e. The van der Waals surface area contributed by atoms with Gasteiger partial charge >= 0.3 is 0 Å². The molecule has 2 saturated heterocycles. The van der Waals surface area contributed by atoms with E-state index in [9.17, 15) is 0 Å². The molecule has 0 saturated carbocycles. The Morgan fingerprint density at radius 3 is 2.65 bits per heavy atom. The Kier molecular flexibility index (Phi) is 2.97. The number of nitrogens with two attached hydrogens (primary N) is 1. The van der Waals surface area contributed by atoms with Gasteiger partial charge < -0.3 is 5.73 Å². The first-order valence-corrected chi connectivity index (χ1v) is 7.65. The Labute approximate surface area is 119 Å². The summed E-state index contributed by atoms with van der Waals surface area (Å²) in [6.45, 7) is 1.02. The molecule has 0 spiro atoms. The highest BCUT2D eigenvalue weighted by Gasteiger charge is 2.39. The fraction of sp³-hybridized carbons (Fsp3) is 0.471. The van der Waals surface area contributed by atoms with Crippen LogP contribution in [0.25, 0.3) is 10.9 Å². The molecule has 3 heteroatoms. The van der Waals surface area contributed by atoms with E-state index in [0.717, 1.165) is 24.9 Å². The van der Waals surface area contributed by atoms with Crippen molar-refractivity contribution in [3.8, 4) is 0 Å². The fourth-order valence-corrected chi connectivity index (χ4v) is 4.07. The van der Waals surface area contributed by atoms with E-state index in [1.54, 1.807) is 0 Å². The molecule has 104 valence electrons. The van der Waals surface area contributed by atoms with Gasteiger partial charge in [0.05, 0.1) is 5.52 Å². The summed E-state index contributed by atoms with van der Waals surface area (Å²) in [6.07, 6.45) is 6.85. The summed E-state index contributed by atoms with van der Waals surface area (Å²) >= 11 is 0. The van der Waals surface area contributed by atoms with Gasteiger partial charge in [0.15, 0.2) is 0 Å². The van der Waals surface area contributed by atoms with E-state index in [1.165, 1.54) is 23.8 Å². The van der Waals surface area contributed by atoms with Gasteiger partial charge in [-0.05, 0) is 37.3 Å². The molecule has 0 aliphatic carbocycles. The van der Waals surface area contributed by atoms with Crippen LogP contribution < -0.4 is 5.73 Å². The normalized spacial score (nSPS) is 29.9. The molecule has 2 aliphatic rings. The fourth-order valence-electron chi connectivity index (χ4n) is 4.07. The maximum absolute atomic E-state index is 6.16. The van der Waals surface area contributed by atoms with E-state index >= 15 is 0 Å². The van der Waals surface area contributed by atoms with Gasteiger partial charge in [0, 0.05) is 36.3 Å². The average molecular weight is 267 g/mol. The summed E-state index contributed by atoms with van der Waals surface area (Å²) in [6, 6.07) is 12.5. The van der Waals surface area contributed by atoms with Crippen molar-refractivity contribution < 1.29 is 0 Å². The van der Waals surface area contributed by atoms with E-state index in [-0.39, 0.29) is 0 Å². The van der Waals surface area contributed by atoms with Crippen molar-refractivity contribution >= 4 is 10.9 Å². The molecule has 2 aromatic rings. The van der Waals surface area contributed by atoms with E-state index in [0.29, 0.717) is 18.1 Å². The Hall–Kier alpha value is -1.45. The van der Waals surface area contributed by atoms with E-state index in [4.69, 9.17) is 5.73 Å². The van der Waals surface area contributed by atoms with Gasteiger partial charge in [-0.1, -0.05) is 24.3 Å². The number of hydrogen-bond donors (Lipinski definition) is 1. The third-order valence-electron chi connectivity index (χ3n) is 4.99. The number of pyridine rings is 1. The molecule has 0 amide bonds. The smallest absolute Gasteiger partial charge is 0.0746 e. The predicted molar refractivity (Wildman–Crippen MR) is 81.3 cm³/mol. The maximum Gasteiger partial charge on any atom is 0.0746 e. The van der Waals surface area contributed by atoms with Crippen LogP contribution in [0.4, 0.5) is 0 Å². The highest BCUT2D eigenvalue weighted by atomic mass is 15.2. The minimum absolute atomic E-state index is 0.411. The highest BCUT2D eigenvalue weighted by molar-refractivity contribution is 5.81. The molecule has 20 heavy (non-hydrogen) atoms. The maximum atomic E-state index is 6.16. The zero-order valence-corrected chi connectivity index (χ0v) is 11.7. The number of rotatable bonds is 2. The van der Waals surface area contributed by atoms with Crippen LogP contribution in [0.3, 0.4) is 0 Å². The second-order valence-electron chi connectivity index (χ2n) is 6.28. The number of nitrogens with zero attached hydrogens (tertiary/aromatic N) is 2. The number of fused-ring (bicyclic) bond motifs is 3. The Balaban J connectivity index is 1.65. The van der Waals surface area contributed by atoms with E-state index in [1.807, 2.05) is 12.3 Å². The molecule has 2 aliphatic heterocycles. The molecule has 3 nitrogen and oxygen atoms in total. The van der Waals surface area contributed by atoms with Gasteiger partial charge in [-0.15, -0.1) is 0 Å². The van der Waals surface area contributed by atoms with Crippen LogP contribution in [0.2, 0.25) is 0 Å². The number of para-hydroxylation sites is 1. The molecule has 2 unspecified atom stereocenters. The van der Waals surface area contributed by atoms with Gasteiger partial charge in [0.1, 0.15) is 0 Å². The van der Waals surface area contributed by atoms with Crippen LogP contribution in [0.15, 0.2) is 36.5 Å². The van der Waals surface area contributed by atoms with Crippen LogP contribution in [-0.2, 0) is 6.54 Å². The number of piperidine rings is 1. The lowest BCUT2D eigenvalue weighted by atomic mass is 9.97. The van der Waals surface area contributed by atoms with Crippen molar-refractivity contribution in [1.82, 2.24) is 9.88 Å². The zero-order chi connectivity index (χ0) is 13.5. The second kappa shape index (κ2) is 4.83. The monoisotopic (exact) mass is 267 g/mol. The minimum atomic E-state index is 0.411. The van der Waals surface area contributed by atoms with Crippen LogP contribution in [0, 0.1) is 0 Å². The molecule has 2 atom stereocenters. The summed E-state index contributed by atoms with van der Waals surface area (Å²) in [7, 11) is 0. The largest absolute Gasteiger partial charge is 0.328 e. The van der Waals surface area contributed by atoms with E-state index in [2.05, 4.69) is 34.1 Å². The molecule has 1 aromatic heterocycles. The summed E-state index contributed by atoms with van der Waals surface area (Å²) in [4.78, 5) is 7.25. The van der Waals surface area contributed by atoms with Crippen LogP contribution >= 0.6 is 0 Å². The molecule has 2 fully saturated rings. The van der Waals surface area contributed by atoms with Gasteiger partial charge in [0.25, 0.3) is 0 Å². The lowest BCUT2D eigenvalue weighted by Gasteiger charge is -2.37. The molecular weight excluding hydrogens is 246 g/mol. The predicted octanol–water partition coefficient (Wildman–Crippen LogP) is 2.69. The van der Waals surface area contributed by atoms with Crippen LogP contribution in [0.5, 0.6) is 0 Å². The number of hydrogen-bond acceptors (Lipinski definition) is 3. The first-order valence-electron chi connectivity index (χ1n) is 7.65. The van der Waals surface area contributed by atoms with Gasteiger partial charge in [-0.25, -0.2) is 0 Å². The molecule has 1 aromatic carbocycles. The van der Waals surface area contributed by atoms with Gasteiger partial charge in [-0.3, -0.25) is 9.88 Å². The molecule has 3 heterocycles. The first kappa shape index (κ1) is 12.3. The number of benzene rings is 1. The summed E-state index contributed by atoms with van der Waals surface area (Å²) < 4.78 is 0. The SMILES string of the molecule is NC1CC2CCC(C1)N2Cc1cccc2cccnc12. The Morgan fingerprint density at radius 2 is 1.85 bits per heavy atom. The van der Waals surface area contributed by atoms with Gasteiger partial charge in [0.2, 0.25) is 0 Å². The van der Waals surface area contributed by atoms with E-state index < -0.39 is 0 Å². The Morgan fingerprint density at radius 1 is 1.10 bits per heavy atom. The Bertz CT molecular complexity index is 605. The lowest BCUT2D eigenvalue weighted by molar-refractivity contribution is 0.120. The van der Waals surface area contributed by atoms with Crippen molar-refractivity contribution in [3.63, 3.8) is 0 Å². The third-order valence-corrected chi connectivity index (χ3v) is 4.99. The van der Waals surface area contributed by atoms with Crippen LogP contribution in [0.1, 0.15) is 31.2 Å². The molecular formula is C17H21N3. The van der Waals surface area contributed by atoms with Crippen molar-refractivity contribution in [2.45, 2.75) is 50.4 Å². The second-order valence-corrected chi connectivity index (χ2v) is 6.28. The molecule has 0 radical (unpaired) electrons.